The van der Waals surface area contributed by atoms with Crippen molar-refractivity contribution in [3.63, 3.8) is 0 Å². The SMILES string of the molecule is CC(C)(C)OC(=O)N1CCC2C(C(=O)O)CC21. The Labute approximate surface area is 101 Å². The van der Waals surface area contributed by atoms with Crippen LogP contribution in [0.2, 0.25) is 0 Å². The molecule has 1 saturated carbocycles. The molecule has 1 aliphatic heterocycles. The third-order valence-corrected chi connectivity index (χ3v) is 3.56. The highest BCUT2D eigenvalue weighted by Crippen LogP contribution is 2.45. The number of hydrogen-bond acceptors (Lipinski definition) is 3. The Bertz CT molecular complexity index is 347. The molecule has 0 aromatic heterocycles. The summed E-state index contributed by atoms with van der Waals surface area (Å²) in [6.45, 7) is 6.12. The van der Waals surface area contributed by atoms with Crippen LogP contribution in [0.25, 0.3) is 0 Å². The van der Waals surface area contributed by atoms with Crippen molar-refractivity contribution in [2.75, 3.05) is 6.54 Å². The number of ether oxygens (including phenoxy) is 1. The van der Waals surface area contributed by atoms with E-state index in [2.05, 4.69) is 0 Å². The van der Waals surface area contributed by atoms with E-state index in [9.17, 15) is 9.59 Å². The molecule has 17 heavy (non-hydrogen) atoms. The first-order valence-corrected chi connectivity index (χ1v) is 6.02. The second-order valence-electron chi connectivity index (χ2n) is 5.87. The van der Waals surface area contributed by atoms with E-state index >= 15 is 0 Å². The average molecular weight is 241 g/mol. The summed E-state index contributed by atoms with van der Waals surface area (Å²) in [4.78, 5) is 24.5. The van der Waals surface area contributed by atoms with Gasteiger partial charge in [-0.1, -0.05) is 0 Å². The Hall–Kier alpha value is -1.26. The summed E-state index contributed by atoms with van der Waals surface area (Å²) in [7, 11) is 0. The van der Waals surface area contributed by atoms with Crippen molar-refractivity contribution in [1.82, 2.24) is 4.90 Å². The second-order valence-corrected chi connectivity index (χ2v) is 5.87. The summed E-state index contributed by atoms with van der Waals surface area (Å²) in [5.41, 5.74) is -0.495. The maximum atomic E-state index is 11.9. The normalized spacial score (nSPS) is 31.7. The van der Waals surface area contributed by atoms with Gasteiger partial charge in [-0.3, -0.25) is 4.79 Å². The van der Waals surface area contributed by atoms with E-state index in [1.807, 2.05) is 20.8 Å². The molecule has 2 fully saturated rings. The van der Waals surface area contributed by atoms with Crippen molar-refractivity contribution in [3.05, 3.63) is 0 Å². The Morgan fingerprint density at radius 2 is 2.00 bits per heavy atom. The predicted molar refractivity (Wildman–Crippen MR) is 60.6 cm³/mol. The molecule has 5 nitrogen and oxygen atoms in total. The van der Waals surface area contributed by atoms with Crippen LogP contribution < -0.4 is 0 Å². The Balaban J connectivity index is 1.94. The number of likely N-dealkylation sites (tertiary alicyclic amines) is 1. The first-order chi connectivity index (χ1) is 7.79. The van der Waals surface area contributed by atoms with Crippen LogP contribution in [0, 0.1) is 11.8 Å². The second kappa shape index (κ2) is 3.89. The minimum absolute atomic E-state index is 0.0750. The molecule has 0 aromatic carbocycles. The van der Waals surface area contributed by atoms with Gasteiger partial charge in [0.05, 0.1) is 5.92 Å². The molecule has 0 spiro atoms. The van der Waals surface area contributed by atoms with Gasteiger partial charge in [0.15, 0.2) is 0 Å². The third kappa shape index (κ3) is 2.23. The summed E-state index contributed by atoms with van der Waals surface area (Å²) in [6, 6.07) is 0.0750. The molecule has 3 atom stereocenters. The molecule has 2 aliphatic rings. The molecule has 1 saturated heterocycles. The van der Waals surface area contributed by atoms with Gasteiger partial charge in [-0.15, -0.1) is 0 Å². The van der Waals surface area contributed by atoms with Gasteiger partial charge in [0, 0.05) is 12.6 Å². The van der Waals surface area contributed by atoms with Gasteiger partial charge in [0.25, 0.3) is 0 Å². The van der Waals surface area contributed by atoms with Gasteiger partial charge < -0.3 is 14.7 Å². The zero-order valence-corrected chi connectivity index (χ0v) is 10.5. The number of carbonyl (C=O) groups excluding carboxylic acids is 1. The smallest absolute Gasteiger partial charge is 0.410 e. The monoisotopic (exact) mass is 241 g/mol. The molecule has 1 heterocycles. The number of carbonyl (C=O) groups is 2. The summed E-state index contributed by atoms with van der Waals surface area (Å²) < 4.78 is 5.31. The fourth-order valence-corrected chi connectivity index (χ4v) is 2.72. The van der Waals surface area contributed by atoms with Crippen LogP contribution in [-0.4, -0.2) is 40.3 Å². The maximum absolute atomic E-state index is 11.9. The van der Waals surface area contributed by atoms with E-state index in [4.69, 9.17) is 9.84 Å². The van der Waals surface area contributed by atoms with Gasteiger partial charge in [0.2, 0.25) is 0 Å². The number of fused-ring (bicyclic) bond motifs is 1. The molecule has 1 N–H and O–H groups in total. The van der Waals surface area contributed by atoms with E-state index in [1.165, 1.54) is 0 Å². The molecule has 5 heteroatoms. The van der Waals surface area contributed by atoms with E-state index in [-0.39, 0.29) is 24.0 Å². The molecule has 0 bridgehead atoms. The third-order valence-electron chi connectivity index (χ3n) is 3.56. The van der Waals surface area contributed by atoms with Gasteiger partial charge in [-0.2, -0.15) is 0 Å². The molecule has 2 rings (SSSR count). The lowest BCUT2D eigenvalue weighted by atomic mass is 9.70. The van der Waals surface area contributed by atoms with Crippen LogP contribution in [0.15, 0.2) is 0 Å². The average Bonchev–Trinajstić information content (AvgIpc) is 2.39. The van der Waals surface area contributed by atoms with Crippen LogP contribution in [0.5, 0.6) is 0 Å². The van der Waals surface area contributed by atoms with Crippen molar-refractivity contribution in [2.24, 2.45) is 11.8 Å². The molecule has 0 aromatic rings. The number of carboxylic acids is 1. The number of carboxylic acid groups (broad SMARTS) is 1. The van der Waals surface area contributed by atoms with Crippen LogP contribution in [0.4, 0.5) is 4.79 Å². The Morgan fingerprint density at radius 3 is 2.53 bits per heavy atom. The van der Waals surface area contributed by atoms with E-state index in [0.29, 0.717) is 13.0 Å². The first-order valence-electron chi connectivity index (χ1n) is 6.02. The Kier molecular flexibility index (Phi) is 2.79. The molecule has 3 unspecified atom stereocenters. The summed E-state index contributed by atoms with van der Waals surface area (Å²) in [5, 5.41) is 8.96. The summed E-state index contributed by atoms with van der Waals surface area (Å²) in [5.74, 6) is -0.884. The van der Waals surface area contributed by atoms with Crippen LogP contribution in [0.1, 0.15) is 33.6 Å². The molecule has 0 radical (unpaired) electrons. The van der Waals surface area contributed by atoms with Crippen molar-refractivity contribution in [1.29, 1.82) is 0 Å². The van der Waals surface area contributed by atoms with Gasteiger partial charge >= 0.3 is 12.1 Å². The van der Waals surface area contributed by atoms with Gasteiger partial charge in [-0.05, 0) is 39.5 Å². The van der Waals surface area contributed by atoms with Crippen molar-refractivity contribution in [3.8, 4) is 0 Å². The highest BCUT2D eigenvalue weighted by molar-refractivity contribution is 5.74. The van der Waals surface area contributed by atoms with E-state index in [1.54, 1.807) is 4.90 Å². The largest absolute Gasteiger partial charge is 0.481 e. The minimum atomic E-state index is -0.739. The summed E-state index contributed by atoms with van der Waals surface area (Å²) in [6.07, 6.45) is 1.04. The fraction of sp³-hybridized carbons (Fsp3) is 0.833. The number of hydrogen-bond donors (Lipinski definition) is 1. The van der Waals surface area contributed by atoms with Gasteiger partial charge in [0.1, 0.15) is 5.60 Å². The standard InChI is InChI=1S/C12H19NO4/c1-12(2,3)17-11(16)13-5-4-7-8(10(14)15)6-9(7)13/h7-9H,4-6H2,1-3H3,(H,14,15). The number of nitrogens with zero attached hydrogens (tertiary/aromatic N) is 1. The van der Waals surface area contributed by atoms with Crippen LogP contribution in [-0.2, 0) is 9.53 Å². The van der Waals surface area contributed by atoms with E-state index in [0.717, 1.165) is 6.42 Å². The quantitative estimate of drug-likeness (QED) is 0.759. The van der Waals surface area contributed by atoms with E-state index < -0.39 is 11.6 Å². The highest BCUT2D eigenvalue weighted by Gasteiger charge is 2.53. The van der Waals surface area contributed by atoms with Crippen LogP contribution in [0.3, 0.4) is 0 Å². The van der Waals surface area contributed by atoms with Crippen molar-refractivity contribution >= 4 is 12.1 Å². The topological polar surface area (TPSA) is 66.8 Å². The minimum Gasteiger partial charge on any atom is -0.481 e. The molecule has 1 amide bonds. The zero-order chi connectivity index (χ0) is 12.8. The zero-order valence-electron chi connectivity index (χ0n) is 10.5. The molecule has 1 aliphatic carbocycles. The fourth-order valence-electron chi connectivity index (χ4n) is 2.72. The lowest BCUT2D eigenvalue weighted by Crippen LogP contribution is -2.51. The number of rotatable bonds is 1. The lowest BCUT2D eigenvalue weighted by molar-refractivity contribution is -0.149. The molecular formula is C12H19NO4. The molecule has 96 valence electrons. The first kappa shape index (κ1) is 12.2. The Morgan fingerprint density at radius 1 is 1.35 bits per heavy atom. The maximum Gasteiger partial charge on any atom is 0.410 e. The van der Waals surface area contributed by atoms with Crippen molar-refractivity contribution in [2.45, 2.75) is 45.3 Å². The van der Waals surface area contributed by atoms with Crippen molar-refractivity contribution < 1.29 is 19.4 Å². The lowest BCUT2D eigenvalue weighted by Gasteiger charge is -2.41. The summed E-state index contributed by atoms with van der Waals surface area (Å²) >= 11 is 0. The van der Waals surface area contributed by atoms with Gasteiger partial charge in [-0.25, -0.2) is 4.79 Å². The predicted octanol–water partition coefficient (Wildman–Crippen LogP) is 1.72. The molecular weight excluding hydrogens is 222 g/mol. The highest BCUT2D eigenvalue weighted by atomic mass is 16.6. The number of aliphatic carboxylic acids is 1. The number of amides is 1. The van der Waals surface area contributed by atoms with Crippen LogP contribution >= 0.6 is 0 Å².